The second kappa shape index (κ2) is 6.99. The van der Waals surface area contributed by atoms with E-state index < -0.39 is 16.7 Å². The molecule has 0 amide bonds. The van der Waals surface area contributed by atoms with Gasteiger partial charge in [-0.1, -0.05) is 0 Å². The van der Waals surface area contributed by atoms with Gasteiger partial charge < -0.3 is 4.74 Å². The topological polar surface area (TPSA) is 26.3 Å². The first-order valence-electron chi connectivity index (χ1n) is 3.59. The summed E-state index contributed by atoms with van der Waals surface area (Å²) in [5, 5.41) is -1.72. The molecule has 0 aromatic heterocycles. The summed E-state index contributed by atoms with van der Waals surface area (Å²) in [6.45, 7) is 0. The number of hydrogen-bond donors (Lipinski definition) is 0. The number of methoxy groups -OCH3 is 1. The molecule has 78 valence electrons. The van der Waals surface area contributed by atoms with Gasteiger partial charge in [-0.05, 0) is 6.42 Å². The highest BCUT2D eigenvalue weighted by molar-refractivity contribution is 6.37. The van der Waals surface area contributed by atoms with Crippen LogP contribution in [0.4, 0.5) is 0 Å². The number of carbonyl (C=O) groups is 1. The van der Waals surface area contributed by atoms with Gasteiger partial charge in [0.15, 0.2) is 0 Å². The van der Waals surface area contributed by atoms with Crippen molar-refractivity contribution in [1.29, 1.82) is 0 Å². The molecule has 0 aromatic rings. The van der Waals surface area contributed by atoms with Crippen LogP contribution in [0.15, 0.2) is 0 Å². The molecule has 0 spiro atoms. The third kappa shape index (κ3) is 5.16. The van der Waals surface area contributed by atoms with Crippen molar-refractivity contribution in [2.75, 3.05) is 13.0 Å². The summed E-state index contributed by atoms with van der Waals surface area (Å²) >= 11 is 22.7. The maximum Gasteiger partial charge on any atom is 0.325 e. The van der Waals surface area contributed by atoms with E-state index in [1.54, 1.807) is 0 Å². The first-order chi connectivity index (χ1) is 6.02. The minimum atomic E-state index is -0.879. The Kier molecular flexibility index (Phi) is 7.33. The summed E-state index contributed by atoms with van der Waals surface area (Å²) in [7, 11) is 1.25. The van der Waals surface area contributed by atoms with Gasteiger partial charge in [0.05, 0.1) is 12.5 Å². The van der Waals surface area contributed by atoms with Gasteiger partial charge in [0.2, 0.25) is 0 Å². The van der Waals surface area contributed by atoms with Crippen LogP contribution < -0.4 is 0 Å². The summed E-state index contributed by atoms with van der Waals surface area (Å²) < 4.78 is 4.42. The van der Waals surface area contributed by atoms with E-state index in [2.05, 4.69) is 4.74 Å². The zero-order valence-electron chi connectivity index (χ0n) is 6.97. The van der Waals surface area contributed by atoms with E-state index in [-0.39, 0.29) is 11.3 Å². The zero-order chi connectivity index (χ0) is 10.4. The lowest BCUT2D eigenvalue weighted by atomic mass is 10.2. The minimum Gasteiger partial charge on any atom is -0.468 e. The standard InChI is InChI=1S/C7H10Cl4O2/c1-13-7(12)6(11)5(10)2-4(9)3-8/h4-6H,2-3H2,1H3. The number of esters is 1. The lowest BCUT2D eigenvalue weighted by Gasteiger charge is -2.15. The Morgan fingerprint density at radius 2 is 1.92 bits per heavy atom. The molecule has 0 aromatic carbocycles. The van der Waals surface area contributed by atoms with Crippen LogP contribution in [-0.4, -0.2) is 35.1 Å². The third-order valence-corrected chi connectivity index (χ3v) is 3.30. The van der Waals surface area contributed by atoms with Gasteiger partial charge in [0, 0.05) is 11.3 Å². The number of ether oxygens (including phenoxy) is 1. The molecule has 0 fully saturated rings. The zero-order valence-corrected chi connectivity index (χ0v) is 10.00. The van der Waals surface area contributed by atoms with Crippen molar-refractivity contribution in [3.8, 4) is 0 Å². The molecule has 0 aliphatic heterocycles. The van der Waals surface area contributed by atoms with Crippen molar-refractivity contribution < 1.29 is 9.53 Å². The molecule has 0 aliphatic rings. The number of hydrogen-bond acceptors (Lipinski definition) is 2. The maximum atomic E-state index is 10.9. The molecule has 0 saturated carbocycles. The lowest BCUT2D eigenvalue weighted by molar-refractivity contribution is -0.140. The van der Waals surface area contributed by atoms with Crippen LogP contribution in [0, 0.1) is 0 Å². The molecule has 0 rings (SSSR count). The van der Waals surface area contributed by atoms with Crippen molar-refractivity contribution in [1.82, 2.24) is 0 Å². The number of rotatable bonds is 5. The highest BCUT2D eigenvalue weighted by Crippen LogP contribution is 2.20. The summed E-state index contributed by atoms with van der Waals surface area (Å²) in [5.41, 5.74) is 0. The van der Waals surface area contributed by atoms with Crippen LogP contribution in [-0.2, 0) is 9.53 Å². The summed E-state index contributed by atoms with van der Waals surface area (Å²) in [6, 6.07) is 0. The average Bonchev–Trinajstić information content (AvgIpc) is 2.14. The molecule has 13 heavy (non-hydrogen) atoms. The SMILES string of the molecule is COC(=O)C(Cl)C(Cl)CC(Cl)CCl. The van der Waals surface area contributed by atoms with Gasteiger partial charge in [0.25, 0.3) is 0 Å². The van der Waals surface area contributed by atoms with Gasteiger partial charge in [0.1, 0.15) is 5.38 Å². The molecule has 2 nitrogen and oxygen atoms in total. The van der Waals surface area contributed by atoms with E-state index in [0.717, 1.165) is 0 Å². The smallest absolute Gasteiger partial charge is 0.325 e. The van der Waals surface area contributed by atoms with Gasteiger partial charge in [-0.25, -0.2) is 0 Å². The number of halogens is 4. The summed E-state index contributed by atoms with van der Waals surface area (Å²) in [6.07, 6.45) is 0.371. The number of carbonyl (C=O) groups excluding carboxylic acids is 1. The fourth-order valence-electron chi connectivity index (χ4n) is 0.687. The van der Waals surface area contributed by atoms with E-state index >= 15 is 0 Å². The quantitative estimate of drug-likeness (QED) is 0.566. The van der Waals surface area contributed by atoms with Crippen LogP contribution in [0.1, 0.15) is 6.42 Å². The van der Waals surface area contributed by atoms with Crippen molar-refractivity contribution in [3.05, 3.63) is 0 Å². The maximum absolute atomic E-state index is 10.9. The molecule has 0 heterocycles. The van der Waals surface area contributed by atoms with Gasteiger partial charge in [-0.3, -0.25) is 4.79 Å². The molecule has 0 bridgehead atoms. The Bertz CT molecular complexity index is 165. The molecule has 3 atom stereocenters. The molecular formula is C7H10Cl4O2. The first-order valence-corrected chi connectivity index (χ1v) is 5.43. The molecule has 6 heteroatoms. The second-order valence-electron chi connectivity index (χ2n) is 2.43. The lowest BCUT2D eigenvalue weighted by Crippen LogP contribution is -2.28. The Morgan fingerprint density at radius 1 is 1.38 bits per heavy atom. The molecule has 0 N–H and O–H groups in total. The fourth-order valence-corrected chi connectivity index (χ4v) is 1.61. The predicted octanol–water partition coefficient (Wildman–Crippen LogP) is 2.61. The Morgan fingerprint density at radius 3 is 2.31 bits per heavy atom. The Balaban J connectivity index is 3.95. The van der Waals surface area contributed by atoms with Crippen LogP contribution >= 0.6 is 46.4 Å². The first kappa shape index (κ1) is 13.6. The van der Waals surface area contributed by atoms with Crippen LogP contribution in [0.25, 0.3) is 0 Å². The van der Waals surface area contributed by atoms with E-state index in [4.69, 9.17) is 46.4 Å². The second-order valence-corrected chi connectivity index (χ2v) is 4.38. The van der Waals surface area contributed by atoms with Crippen molar-refractivity contribution in [2.24, 2.45) is 0 Å². The molecule has 0 aliphatic carbocycles. The van der Waals surface area contributed by atoms with Crippen LogP contribution in [0.5, 0.6) is 0 Å². The van der Waals surface area contributed by atoms with Gasteiger partial charge in [-0.2, -0.15) is 0 Å². The normalized spacial score (nSPS) is 17.6. The average molecular weight is 268 g/mol. The van der Waals surface area contributed by atoms with Crippen molar-refractivity contribution in [2.45, 2.75) is 22.6 Å². The Labute approximate surface area is 97.4 Å². The van der Waals surface area contributed by atoms with Gasteiger partial charge in [-0.15, -0.1) is 46.4 Å². The summed E-state index contributed by atoms with van der Waals surface area (Å²) in [5.74, 6) is -0.282. The van der Waals surface area contributed by atoms with E-state index in [9.17, 15) is 4.79 Å². The Hall–Kier alpha value is 0.630. The minimum absolute atomic E-state index is 0.273. The van der Waals surface area contributed by atoms with Crippen LogP contribution in [0.3, 0.4) is 0 Å². The molecule has 0 saturated heterocycles. The molecule has 3 unspecified atom stereocenters. The fraction of sp³-hybridized carbons (Fsp3) is 0.857. The van der Waals surface area contributed by atoms with Crippen molar-refractivity contribution in [3.63, 3.8) is 0 Å². The highest BCUT2D eigenvalue weighted by Gasteiger charge is 2.26. The molecule has 0 radical (unpaired) electrons. The largest absolute Gasteiger partial charge is 0.468 e. The monoisotopic (exact) mass is 266 g/mol. The summed E-state index contributed by atoms with van der Waals surface area (Å²) in [4.78, 5) is 10.9. The predicted molar refractivity (Wildman–Crippen MR) is 56.3 cm³/mol. The van der Waals surface area contributed by atoms with Gasteiger partial charge >= 0.3 is 5.97 Å². The number of alkyl halides is 4. The van der Waals surface area contributed by atoms with Crippen LogP contribution in [0.2, 0.25) is 0 Å². The molecular weight excluding hydrogens is 258 g/mol. The van der Waals surface area contributed by atoms with E-state index in [1.807, 2.05) is 0 Å². The highest BCUT2D eigenvalue weighted by atomic mass is 35.5. The van der Waals surface area contributed by atoms with E-state index in [1.165, 1.54) is 7.11 Å². The van der Waals surface area contributed by atoms with E-state index in [0.29, 0.717) is 6.42 Å². The third-order valence-electron chi connectivity index (χ3n) is 1.39. The van der Waals surface area contributed by atoms with Crippen molar-refractivity contribution >= 4 is 52.4 Å².